The number of hydrogen-bond donors (Lipinski definition) is 1. The summed E-state index contributed by atoms with van der Waals surface area (Å²) in [5.74, 6) is 0.102. The zero-order chi connectivity index (χ0) is 21.6. The molecule has 158 valence electrons. The maximum absolute atomic E-state index is 13.0. The minimum Gasteiger partial charge on any atom is -0.468 e. The summed E-state index contributed by atoms with van der Waals surface area (Å²) in [6, 6.07) is 10.3. The van der Waals surface area contributed by atoms with E-state index in [1.165, 1.54) is 24.9 Å². The molecule has 0 amide bonds. The number of nitrogens with one attached hydrogen (secondary N) is 1. The molecule has 2 unspecified atom stereocenters. The topological polar surface area (TPSA) is 111 Å². The van der Waals surface area contributed by atoms with Crippen LogP contribution in [0.5, 0.6) is 0 Å². The van der Waals surface area contributed by atoms with E-state index in [4.69, 9.17) is 9.15 Å². The summed E-state index contributed by atoms with van der Waals surface area (Å²) in [7, 11) is 0. The molecule has 4 rings (SSSR count). The van der Waals surface area contributed by atoms with Crippen LogP contribution in [0.25, 0.3) is 0 Å². The Balaban J connectivity index is 1.48. The van der Waals surface area contributed by atoms with Crippen molar-refractivity contribution in [3.05, 3.63) is 77.6 Å². The lowest BCUT2D eigenvalue weighted by Gasteiger charge is -2.15. The Morgan fingerprint density at radius 2 is 2.00 bits per heavy atom. The van der Waals surface area contributed by atoms with Crippen molar-refractivity contribution in [1.82, 2.24) is 9.97 Å². The van der Waals surface area contributed by atoms with Crippen molar-refractivity contribution in [2.24, 2.45) is 5.92 Å². The van der Waals surface area contributed by atoms with Gasteiger partial charge in [-0.3, -0.25) is 14.4 Å². The van der Waals surface area contributed by atoms with Gasteiger partial charge in [-0.25, -0.2) is 9.97 Å². The summed E-state index contributed by atoms with van der Waals surface area (Å²) in [5, 5.41) is 3.30. The van der Waals surface area contributed by atoms with Gasteiger partial charge in [0.1, 0.15) is 18.4 Å². The van der Waals surface area contributed by atoms with E-state index < -0.39 is 5.78 Å². The smallest absolute Gasteiger partial charge is 0.293 e. The normalized spacial score (nSPS) is 17.8. The number of carbonyl (C=O) groups is 3. The van der Waals surface area contributed by atoms with Gasteiger partial charge in [0.15, 0.2) is 11.5 Å². The van der Waals surface area contributed by atoms with E-state index in [0.29, 0.717) is 30.0 Å². The first-order chi connectivity index (χ1) is 15.2. The third-order valence-corrected chi connectivity index (χ3v) is 5.36. The number of anilines is 1. The second-order valence-electron chi connectivity index (χ2n) is 7.46. The van der Waals surface area contributed by atoms with E-state index in [0.717, 1.165) is 19.3 Å². The van der Waals surface area contributed by atoms with Gasteiger partial charge in [0.2, 0.25) is 5.78 Å². The van der Waals surface area contributed by atoms with E-state index >= 15 is 0 Å². The maximum Gasteiger partial charge on any atom is 0.293 e. The van der Waals surface area contributed by atoms with Crippen molar-refractivity contribution in [1.29, 1.82) is 0 Å². The Bertz CT molecular complexity index is 1080. The van der Waals surface area contributed by atoms with E-state index in [1.54, 1.807) is 24.3 Å². The third-order valence-electron chi connectivity index (χ3n) is 5.36. The largest absolute Gasteiger partial charge is 0.468 e. The van der Waals surface area contributed by atoms with Crippen molar-refractivity contribution < 1.29 is 23.5 Å². The minimum atomic E-state index is -0.408. The van der Waals surface area contributed by atoms with Crippen LogP contribution in [-0.2, 0) is 9.53 Å². The maximum atomic E-state index is 13.0. The Hall–Kier alpha value is -3.81. The number of rotatable bonds is 9. The summed E-state index contributed by atoms with van der Waals surface area (Å²) >= 11 is 0. The molecule has 8 nitrogen and oxygen atoms in total. The van der Waals surface area contributed by atoms with Gasteiger partial charge in [0.25, 0.3) is 6.47 Å². The van der Waals surface area contributed by atoms with Crippen molar-refractivity contribution in [3.8, 4) is 0 Å². The fraction of sp³-hybridized carbons (Fsp3) is 0.261. The molecule has 1 fully saturated rings. The summed E-state index contributed by atoms with van der Waals surface area (Å²) in [6.07, 6.45) is 6.69. The lowest BCUT2D eigenvalue weighted by Crippen LogP contribution is -2.20. The standard InChI is InChI=1S/C23H21N3O5/c27-14-30-11-15-6-7-18(8-15)26-23-19(10-24-13-25-23)22(29)20-9-17(12-31-20)21(28)16-4-2-1-3-5-16/h1-5,9-10,12-15,18H,6-8,11H2,(H,24,25,26). The molecule has 3 aromatic rings. The number of benzene rings is 1. The predicted octanol–water partition coefficient (Wildman–Crippen LogP) is 3.29. The van der Waals surface area contributed by atoms with Crippen LogP contribution in [0, 0.1) is 5.92 Å². The molecule has 31 heavy (non-hydrogen) atoms. The zero-order valence-corrected chi connectivity index (χ0v) is 16.7. The molecule has 0 saturated heterocycles. The van der Waals surface area contributed by atoms with Crippen molar-refractivity contribution in [2.75, 3.05) is 11.9 Å². The monoisotopic (exact) mass is 419 g/mol. The summed E-state index contributed by atoms with van der Waals surface area (Å²) in [4.78, 5) is 44.2. The number of carbonyl (C=O) groups excluding carboxylic acids is 3. The number of nitrogens with zero attached hydrogens (tertiary/aromatic N) is 2. The van der Waals surface area contributed by atoms with Crippen molar-refractivity contribution in [3.63, 3.8) is 0 Å². The Labute approximate surface area is 178 Å². The van der Waals surface area contributed by atoms with Gasteiger partial charge in [0, 0.05) is 17.8 Å². The first-order valence-electron chi connectivity index (χ1n) is 10.0. The molecule has 2 atom stereocenters. The van der Waals surface area contributed by atoms with Gasteiger partial charge in [-0.2, -0.15) is 0 Å². The second-order valence-corrected chi connectivity index (χ2v) is 7.46. The average molecular weight is 419 g/mol. The minimum absolute atomic E-state index is 0.0424. The fourth-order valence-corrected chi connectivity index (χ4v) is 3.80. The van der Waals surface area contributed by atoms with Crippen LogP contribution in [0.2, 0.25) is 0 Å². The lowest BCUT2D eigenvalue weighted by atomic mass is 10.0. The quantitative estimate of drug-likeness (QED) is 0.415. The molecule has 1 N–H and O–H groups in total. The Kier molecular flexibility index (Phi) is 6.16. The lowest BCUT2D eigenvalue weighted by molar-refractivity contribution is -0.129. The highest BCUT2D eigenvalue weighted by atomic mass is 16.5. The van der Waals surface area contributed by atoms with Crippen molar-refractivity contribution >= 4 is 23.9 Å². The zero-order valence-electron chi connectivity index (χ0n) is 16.7. The highest BCUT2D eigenvalue weighted by Gasteiger charge is 2.27. The molecule has 1 saturated carbocycles. The van der Waals surface area contributed by atoms with Gasteiger partial charge in [-0.1, -0.05) is 30.3 Å². The number of ether oxygens (including phenoxy) is 1. The molecule has 8 heteroatoms. The summed E-state index contributed by atoms with van der Waals surface area (Å²) < 4.78 is 10.3. The van der Waals surface area contributed by atoms with Crippen molar-refractivity contribution in [2.45, 2.75) is 25.3 Å². The van der Waals surface area contributed by atoms with Gasteiger partial charge in [-0.05, 0) is 31.2 Å². The molecule has 2 aromatic heterocycles. The Morgan fingerprint density at radius 1 is 1.16 bits per heavy atom. The van der Waals surface area contributed by atoms with Crippen LogP contribution in [0.1, 0.15) is 51.3 Å². The van der Waals surface area contributed by atoms with Crippen LogP contribution in [0.3, 0.4) is 0 Å². The molecule has 0 spiro atoms. The van der Waals surface area contributed by atoms with E-state index in [2.05, 4.69) is 15.3 Å². The van der Waals surface area contributed by atoms with Gasteiger partial charge >= 0.3 is 0 Å². The first-order valence-corrected chi connectivity index (χ1v) is 10.0. The summed E-state index contributed by atoms with van der Waals surface area (Å²) in [6.45, 7) is 0.851. The van der Waals surface area contributed by atoms with E-state index in [-0.39, 0.29) is 29.1 Å². The van der Waals surface area contributed by atoms with Gasteiger partial charge in [-0.15, -0.1) is 0 Å². The predicted molar refractivity (Wildman–Crippen MR) is 111 cm³/mol. The second kappa shape index (κ2) is 9.34. The number of furan rings is 1. The Morgan fingerprint density at radius 3 is 2.81 bits per heavy atom. The van der Waals surface area contributed by atoms with Crippen LogP contribution in [0.4, 0.5) is 5.82 Å². The molecule has 0 bridgehead atoms. The SMILES string of the molecule is O=COCC1CCC(Nc2ncncc2C(=O)c2cc(C(=O)c3ccccc3)co2)C1. The van der Waals surface area contributed by atoms with E-state index in [9.17, 15) is 14.4 Å². The molecule has 2 heterocycles. The third kappa shape index (κ3) is 4.69. The molecule has 1 aromatic carbocycles. The van der Waals surface area contributed by atoms with Crippen LogP contribution in [-0.4, -0.2) is 40.7 Å². The van der Waals surface area contributed by atoms with Crippen LogP contribution < -0.4 is 5.32 Å². The fourth-order valence-electron chi connectivity index (χ4n) is 3.80. The molecule has 1 aliphatic carbocycles. The molecular weight excluding hydrogens is 398 g/mol. The number of hydrogen-bond acceptors (Lipinski definition) is 8. The summed E-state index contributed by atoms with van der Waals surface area (Å²) in [5.41, 5.74) is 1.08. The van der Waals surface area contributed by atoms with Crippen LogP contribution in [0.15, 0.2) is 59.6 Å². The molecule has 0 aliphatic heterocycles. The van der Waals surface area contributed by atoms with Crippen LogP contribution >= 0.6 is 0 Å². The van der Waals surface area contributed by atoms with E-state index in [1.807, 2.05) is 6.07 Å². The molecule has 1 aliphatic rings. The number of ketones is 2. The molecule has 0 radical (unpaired) electrons. The first kappa shape index (κ1) is 20.5. The van der Waals surface area contributed by atoms with Gasteiger partial charge < -0.3 is 14.5 Å². The number of aromatic nitrogens is 2. The molecular formula is C23H21N3O5. The highest BCUT2D eigenvalue weighted by molar-refractivity contribution is 6.13. The average Bonchev–Trinajstić information content (AvgIpc) is 3.48. The van der Waals surface area contributed by atoms with Gasteiger partial charge in [0.05, 0.1) is 17.7 Å². The highest BCUT2D eigenvalue weighted by Crippen LogP contribution is 2.29.